The monoisotopic (exact) mass is 137 g/mol. The van der Waals surface area contributed by atoms with E-state index in [9.17, 15) is 4.79 Å². The first-order chi connectivity index (χ1) is 4.84. The zero-order valence-electron chi connectivity index (χ0n) is 5.84. The van der Waals surface area contributed by atoms with Gasteiger partial charge in [-0.25, -0.2) is 0 Å². The fraction of sp³-hybridized carbons (Fsp3) is 0.375. The van der Waals surface area contributed by atoms with Gasteiger partial charge in [0.2, 0.25) is 0 Å². The van der Waals surface area contributed by atoms with Gasteiger partial charge in [0.1, 0.15) is 0 Å². The van der Waals surface area contributed by atoms with E-state index < -0.39 is 0 Å². The molecule has 1 aliphatic rings. The van der Waals surface area contributed by atoms with Crippen molar-refractivity contribution in [2.24, 2.45) is 0 Å². The van der Waals surface area contributed by atoms with Crippen molar-refractivity contribution in [1.82, 2.24) is 5.32 Å². The first kappa shape index (κ1) is 7.22. The van der Waals surface area contributed by atoms with Gasteiger partial charge in [-0.2, -0.15) is 0 Å². The van der Waals surface area contributed by atoms with Gasteiger partial charge in [-0.1, -0.05) is 18.7 Å². The molecular formula is C8H11NO. The van der Waals surface area contributed by atoms with Crippen molar-refractivity contribution < 1.29 is 4.79 Å². The third-order valence-corrected chi connectivity index (χ3v) is 1.51. The lowest BCUT2D eigenvalue weighted by atomic mass is 10.1. The van der Waals surface area contributed by atoms with E-state index in [1.165, 1.54) is 6.08 Å². The van der Waals surface area contributed by atoms with Crippen molar-refractivity contribution in [3.8, 4) is 0 Å². The maximum atomic E-state index is 10.9. The van der Waals surface area contributed by atoms with Crippen LogP contribution in [0.4, 0.5) is 0 Å². The average molecular weight is 137 g/mol. The Kier molecular flexibility index (Phi) is 2.40. The molecule has 0 aromatic rings. The minimum atomic E-state index is -0.119. The molecule has 1 heterocycles. The maximum Gasteiger partial charge on any atom is 0.175 e. The zero-order valence-corrected chi connectivity index (χ0v) is 5.84. The van der Waals surface area contributed by atoms with Crippen LogP contribution in [0.2, 0.25) is 0 Å². The summed E-state index contributed by atoms with van der Waals surface area (Å²) in [7, 11) is 0. The highest BCUT2D eigenvalue weighted by Crippen LogP contribution is 1.98. The van der Waals surface area contributed by atoms with E-state index in [4.69, 9.17) is 0 Å². The molecule has 0 fully saturated rings. The van der Waals surface area contributed by atoms with Crippen LogP contribution in [0.3, 0.4) is 0 Å². The van der Waals surface area contributed by atoms with Crippen LogP contribution in [0.15, 0.2) is 24.8 Å². The van der Waals surface area contributed by atoms with E-state index in [2.05, 4.69) is 11.9 Å². The van der Waals surface area contributed by atoms with E-state index in [-0.39, 0.29) is 11.8 Å². The molecule has 0 amide bonds. The van der Waals surface area contributed by atoms with E-state index in [0.717, 1.165) is 13.0 Å². The fourth-order valence-corrected chi connectivity index (χ4v) is 0.945. The van der Waals surface area contributed by atoms with Crippen LogP contribution in [-0.2, 0) is 4.79 Å². The summed E-state index contributed by atoms with van der Waals surface area (Å²) in [5.74, 6) is 0.0518. The standard InChI is InChI=1S/C8H11NO/c1-2-8(10)7-5-3-4-6-9-7/h2-3,5,7,9H,1,4,6H2. The molecule has 0 saturated carbocycles. The number of nitrogens with one attached hydrogen (secondary N) is 1. The Balaban J connectivity index is 2.54. The molecular weight excluding hydrogens is 126 g/mol. The van der Waals surface area contributed by atoms with Crippen molar-refractivity contribution in [1.29, 1.82) is 0 Å². The lowest BCUT2D eigenvalue weighted by molar-refractivity contribution is -0.115. The lowest BCUT2D eigenvalue weighted by Gasteiger charge is -2.14. The summed E-state index contributed by atoms with van der Waals surface area (Å²) >= 11 is 0. The summed E-state index contributed by atoms with van der Waals surface area (Å²) in [6.45, 7) is 4.30. The molecule has 1 atom stereocenters. The quantitative estimate of drug-likeness (QED) is 0.447. The first-order valence-electron chi connectivity index (χ1n) is 3.41. The van der Waals surface area contributed by atoms with E-state index in [1.54, 1.807) is 0 Å². The smallest absolute Gasteiger partial charge is 0.175 e. The van der Waals surface area contributed by atoms with Crippen molar-refractivity contribution in [3.63, 3.8) is 0 Å². The number of ketones is 1. The predicted molar refractivity (Wildman–Crippen MR) is 40.8 cm³/mol. The first-order valence-corrected chi connectivity index (χ1v) is 3.41. The highest BCUT2D eigenvalue weighted by Gasteiger charge is 2.12. The topological polar surface area (TPSA) is 29.1 Å². The zero-order chi connectivity index (χ0) is 7.40. The van der Waals surface area contributed by atoms with Gasteiger partial charge >= 0.3 is 0 Å². The van der Waals surface area contributed by atoms with Gasteiger partial charge in [-0.3, -0.25) is 4.79 Å². The third-order valence-electron chi connectivity index (χ3n) is 1.51. The van der Waals surface area contributed by atoms with Gasteiger partial charge in [0, 0.05) is 0 Å². The molecule has 0 radical (unpaired) electrons. The van der Waals surface area contributed by atoms with E-state index in [0.29, 0.717) is 0 Å². The highest BCUT2D eigenvalue weighted by atomic mass is 16.1. The molecule has 0 aromatic carbocycles. The van der Waals surface area contributed by atoms with Crippen LogP contribution in [0, 0.1) is 0 Å². The number of hydrogen-bond donors (Lipinski definition) is 1. The largest absolute Gasteiger partial charge is 0.304 e. The number of carbonyl (C=O) groups excluding carboxylic acids is 1. The Hall–Kier alpha value is -0.890. The molecule has 1 rings (SSSR count). The van der Waals surface area contributed by atoms with Crippen LogP contribution in [0.1, 0.15) is 6.42 Å². The Morgan fingerprint density at radius 1 is 1.80 bits per heavy atom. The molecule has 0 spiro atoms. The number of hydrogen-bond acceptors (Lipinski definition) is 2. The molecule has 10 heavy (non-hydrogen) atoms. The second kappa shape index (κ2) is 3.32. The molecule has 2 nitrogen and oxygen atoms in total. The third kappa shape index (κ3) is 1.54. The number of carbonyl (C=O) groups is 1. The molecule has 1 N–H and O–H groups in total. The van der Waals surface area contributed by atoms with E-state index >= 15 is 0 Å². The molecule has 1 aliphatic heterocycles. The van der Waals surface area contributed by atoms with Gasteiger partial charge in [-0.15, -0.1) is 0 Å². The second-order valence-electron chi connectivity index (χ2n) is 2.26. The van der Waals surface area contributed by atoms with Crippen LogP contribution in [-0.4, -0.2) is 18.4 Å². The fourth-order valence-electron chi connectivity index (χ4n) is 0.945. The van der Waals surface area contributed by atoms with Crippen LogP contribution >= 0.6 is 0 Å². The second-order valence-corrected chi connectivity index (χ2v) is 2.26. The van der Waals surface area contributed by atoms with Crippen molar-refractivity contribution in [2.45, 2.75) is 12.5 Å². The summed E-state index contributed by atoms with van der Waals surface area (Å²) in [4.78, 5) is 10.9. The minimum absolute atomic E-state index is 0.0518. The number of rotatable bonds is 2. The van der Waals surface area contributed by atoms with E-state index in [1.807, 2.05) is 12.2 Å². The Morgan fingerprint density at radius 3 is 3.10 bits per heavy atom. The SMILES string of the molecule is C=CC(=O)C1C=CCCN1. The summed E-state index contributed by atoms with van der Waals surface area (Å²) < 4.78 is 0. The summed E-state index contributed by atoms with van der Waals surface area (Å²) in [6.07, 6.45) is 6.27. The molecule has 1 unspecified atom stereocenters. The molecule has 0 bridgehead atoms. The molecule has 0 aliphatic carbocycles. The lowest BCUT2D eigenvalue weighted by Crippen LogP contribution is -2.36. The van der Waals surface area contributed by atoms with Crippen LogP contribution < -0.4 is 5.32 Å². The van der Waals surface area contributed by atoms with Gasteiger partial charge in [0.05, 0.1) is 6.04 Å². The normalized spacial score (nSPS) is 24.2. The van der Waals surface area contributed by atoms with Gasteiger partial charge in [-0.05, 0) is 19.0 Å². The summed E-state index contributed by atoms with van der Waals surface area (Å²) in [6, 6.07) is -0.119. The molecule has 54 valence electrons. The van der Waals surface area contributed by atoms with Crippen LogP contribution in [0.5, 0.6) is 0 Å². The van der Waals surface area contributed by atoms with Crippen molar-refractivity contribution >= 4 is 5.78 Å². The van der Waals surface area contributed by atoms with Gasteiger partial charge in [0.15, 0.2) is 5.78 Å². The molecule has 2 heteroatoms. The highest BCUT2D eigenvalue weighted by molar-refractivity contribution is 5.95. The average Bonchev–Trinajstić information content (AvgIpc) is 2.05. The Morgan fingerprint density at radius 2 is 2.60 bits per heavy atom. The molecule has 0 saturated heterocycles. The molecule has 0 aromatic heterocycles. The van der Waals surface area contributed by atoms with Crippen LogP contribution in [0.25, 0.3) is 0 Å². The summed E-state index contributed by atoms with van der Waals surface area (Å²) in [5, 5.41) is 3.06. The minimum Gasteiger partial charge on any atom is -0.304 e. The van der Waals surface area contributed by atoms with Gasteiger partial charge < -0.3 is 5.32 Å². The van der Waals surface area contributed by atoms with Crippen molar-refractivity contribution in [2.75, 3.05) is 6.54 Å². The van der Waals surface area contributed by atoms with Crippen molar-refractivity contribution in [3.05, 3.63) is 24.8 Å². The Labute approximate surface area is 60.6 Å². The maximum absolute atomic E-state index is 10.9. The Bertz CT molecular complexity index is 172. The summed E-state index contributed by atoms with van der Waals surface area (Å²) in [5.41, 5.74) is 0. The predicted octanol–water partition coefficient (Wildman–Crippen LogP) is 0.660. The van der Waals surface area contributed by atoms with Gasteiger partial charge in [0.25, 0.3) is 0 Å².